The van der Waals surface area contributed by atoms with Crippen LogP contribution in [0.25, 0.3) is 0 Å². The molecule has 0 saturated carbocycles. The molecule has 1 aliphatic heterocycles. The van der Waals surface area contributed by atoms with Crippen molar-refractivity contribution >= 4 is 5.78 Å². The van der Waals surface area contributed by atoms with Crippen LogP contribution in [0.5, 0.6) is 5.75 Å². The number of likely N-dealkylation sites (tertiary alicyclic amines) is 1. The third-order valence-electron chi connectivity index (χ3n) is 7.30. The van der Waals surface area contributed by atoms with Crippen LogP contribution >= 0.6 is 0 Å². The van der Waals surface area contributed by atoms with E-state index in [1.807, 2.05) is 31.3 Å². The fraction of sp³-hybridized carbons (Fsp3) is 0.406. The maximum atomic E-state index is 12.9. The molecule has 1 fully saturated rings. The maximum absolute atomic E-state index is 12.9. The highest BCUT2D eigenvalue weighted by atomic mass is 16.5. The molecule has 1 unspecified atom stereocenters. The first kappa shape index (κ1) is 26.1. The second-order valence-corrected chi connectivity index (χ2v) is 10.1. The largest absolute Gasteiger partial charge is 0.486 e. The Balaban J connectivity index is 1.24. The zero-order valence-electron chi connectivity index (χ0n) is 21.8. The molecule has 1 aliphatic rings. The quantitative estimate of drug-likeness (QED) is 0.294. The summed E-state index contributed by atoms with van der Waals surface area (Å²) in [5.41, 5.74) is 4.58. The monoisotopic (exact) mass is 484 g/mol. The summed E-state index contributed by atoms with van der Waals surface area (Å²) in [6.45, 7) is 6.24. The van der Waals surface area contributed by atoms with Gasteiger partial charge in [0.05, 0.1) is 0 Å². The molecule has 4 heteroatoms. The van der Waals surface area contributed by atoms with Gasteiger partial charge in [-0.1, -0.05) is 60.2 Å². The minimum Gasteiger partial charge on any atom is -0.486 e. The number of carbonyl (C=O) groups excluding carboxylic acids is 1. The molecule has 3 aromatic rings. The van der Waals surface area contributed by atoms with E-state index in [4.69, 9.17) is 4.74 Å². The highest BCUT2D eigenvalue weighted by Crippen LogP contribution is 2.27. The molecule has 1 heterocycles. The van der Waals surface area contributed by atoms with Gasteiger partial charge in [-0.3, -0.25) is 9.69 Å². The standard InChI is InChI=1S/C32H40N2O2/c1-25-8-11-29(12-9-25)32(18-21-33-2)36-30-15-13-28(14-16-30)31(35)17-10-26-19-22-34(23-20-26)24-27-6-4-3-5-7-27/h3-9,11-16,26,32-33H,10,17-24H2,1-2H3. The molecule has 0 spiro atoms. The third kappa shape index (κ3) is 7.78. The van der Waals surface area contributed by atoms with Crippen molar-refractivity contribution in [2.45, 2.75) is 51.7 Å². The lowest BCUT2D eigenvalue weighted by atomic mass is 9.90. The van der Waals surface area contributed by atoms with Crippen molar-refractivity contribution in [3.05, 3.63) is 101 Å². The minimum absolute atomic E-state index is 0.0210. The first-order chi connectivity index (χ1) is 17.6. The van der Waals surface area contributed by atoms with Crippen molar-refractivity contribution in [2.75, 3.05) is 26.7 Å². The Hall–Kier alpha value is -2.95. The molecule has 4 rings (SSSR count). The summed E-state index contributed by atoms with van der Waals surface area (Å²) in [6, 6.07) is 26.9. The lowest BCUT2D eigenvalue weighted by molar-refractivity contribution is 0.0961. The van der Waals surface area contributed by atoms with Crippen LogP contribution in [0.15, 0.2) is 78.9 Å². The fourth-order valence-electron chi connectivity index (χ4n) is 4.99. The number of hydrogen-bond donors (Lipinski definition) is 1. The van der Waals surface area contributed by atoms with Crippen molar-refractivity contribution in [3.63, 3.8) is 0 Å². The van der Waals surface area contributed by atoms with Crippen LogP contribution in [0.3, 0.4) is 0 Å². The Morgan fingerprint density at radius 3 is 2.33 bits per heavy atom. The Morgan fingerprint density at radius 2 is 1.67 bits per heavy atom. The number of piperidine rings is 1. The number of Topliss-reactive ketones (excluding diaryl/α,β-unsaturated/α-hetero) is 1. The Labute approximate surface area is 216 Å². The Kier molecular flexibility index (Phi) is 9.71. The summed E-state index contributed by atoms with van der Waals surface area (Å²) in [4.78, 5) is 15.4. The average Bonchev–Trinajstić information content (AvgIpc) is 2.92. The second-order valence-electron chi connectivity index (χ2n) is 10.1. The molecule has 4 nitrogen and oxygen atoms in total. The molecule has 0 amide bonds. The zero-order chi connectivity index (χ0) is 25.2. The first-order valence-electron chi connectivity index (χ1n) is 13.4. The van der Waals surface area contributed by atoms with Crippen molar-refractivity contribution in [1.29, 1.82) is 0 Å². The van der Waals surface area contributed by atoms with Gasteiger partial charge in [0.1, 0.15) is 11.9 Å². The van der Waals surface area contributed by atoms with Gasteiger partial charge >= 0.3 is 0 Å². The third-order valence-corrected chi connectivity index (χ3v) is 7.30. The van der Waals surface area contributed by atoms with E-state index < -0.39 is 0 Å². The molecular weight excluding hydrogens is 444 g/mol. The molecule has 0 radical (unpaired) electrons. The summed E-state index contributed by atoms with van der Waals surface area (Å²) < 4.78 is 6.33. The van der Waals surface area contributed by atoms with Crippen molar-refractivity contribution in [1.82, 2.24) is 10.2 Å². The zero-order valence-corrected chi connectivity index (χ0v) is 21.8. The second kappa shape index (κ2) is 13.4. The van der Waals surface area contributed by atoms with Gasteiger partial charge < -0.3 is 10.1 Å². The summed E-state index contributed by atoms with van der Waals surface area (Å²) >= 11 is 0. The van der Waals surface area contributed by atoms with Crippen LogP contribution in [-0.2, 0) is 6.54 Å². The number of nitrogens with one attached hydrogen (secondary N) is 1. The molecule has 1 N–H and O–H groups in total. The van der Waals surface area contributed by atoms with Crippen LogP contribution in [0.2, 0.25) is 0 Å². The van der Waals surface area contributed by atoms with Gasteiger partial charge in [-0.25, -0.2) is 0 Å². The molecule has 36 heavy (non-hydrogen) atoms. The van der Waals surface area contributed by atoms with E-state index in [1.165, 1.54) is 29.5 Å². The molecule has 1 saturated heterocycles. The van der Waals surface area contributed by atoms with E-state index in [-0.39, 0.29) is 11.9 Å². The van der Waals surface area contributed by atoms with Gasteiger partial charge in [0.2, 0.25) is 0 Å². The normalized spacial score (nSPS) is 15.5. The van der Waals surface area contributed by atoms with Crippen LogP contribution in [0.4, 0.5) is 0 Å². The predicted octanol–water partition coefficient (Wildman–Crippen LogP) is 6.60. The fourth-order valence-corrected chi connectivity index (χ4v) is 4.99. The molecule has 0 bridgehead atoms. The number of rotatable bonds is 12. The van der Waals surface area contributed by atoms with E-state index in [9.17, 15) is 4.79 Å². The van der Waals surface area contributed by atoms with Gasteiger partial charge in [0, 0.05) is 24.9 Å². The lowest BCUT2D eigenvalue weighted by Gasteiger charge is -2.32. The van der Waals surface area contributed by atoms with Crippen LogP contribution in [0.1, 0.15) is 65.3 Å². The number of carbonyl (C=O) groups is 1. The first-order valence-corrected chi connectivity index (χ1v) is 13.4. The molecule has 3 aromatic carbocycles. The number of nitrogens with zero attached hydrogens (tertiary/aromatic N) is 1. The van der Waals surface area contributed by atoms with Gasteiger partial charge in [0.25, 0.3) is 0 Å². The van der Waals surface area contributed by atoms with E-state index in [2.05, 4.69) is 71.7 Å². The number of ketones is 1. The Morgan fingerprint density at radius 1 is 0.972 bits per heavy atom. The number of aryl methyl sites for hydroxylation is 1. The minimum atomic E-state index is -0.0210. The van der Waals surface area contributed by atoms with Crippen LogP contribution in [0, 0.1) is 12.8 Å². The van der Waals surface area contributed by atoms with E-state index in [1.54, 1.807) is 0 Å². The van der Waals surface area contributed by atoms with Gasteiger partial charge in [-0.05, 0) is 94.2 Å². The predicted molar refractivity (Wildman–Crippen MR) is 148 cm³/mol. The van der Waals surface area contributed by atoms with Gasteiger partial charge in [0.15, 0.2) is 5.78 Å². The van der Waals surface area contributed by atoms with E-state index >= 15 is 0 Å². The highest BCUT2D eigenvalue weighted by Gasteiger charge is 2.20. The van der Waals surface area contributed by atoms with E-state index in [0.717, 1.165) is 50.3 Å². The SMILES string of the molecule is CNCCC(Oc1ccc(C(=O)CCC2CCN(Cc3ccccc3)CC2)cc1)c1ccc(C)cc1. The number of ether oxygens (including phenoxy) is 1. The van der Waals surface area contributed by atoms with E-state index in [0.29, 0.717) is 12.3 Å². The molecule has 0 aliphatic carbocycles. The van der Waals surface area contributed by atoms with Crippen LogP contribution < -0.4 is 10.1 Å². The summed E-state index contributed by atoms with van der Waals surface area (Å²) in [7, 11) is 1.96. The molecule has 190 valence electrons. The van der Waals surface area contributed by atoms with Crippen molar-refractivity contribution in [3.8, 4) is 5.75 Å². The number of benzene rings is 3. The van der Waals surface area contributed by atoms with Crippen LogP contribution in [-0.4, -0.2) is 37.4 Å². The lowest BCUT2D eigenvalue weighted by Crippen LogP contribution is -2.33. The molecular formula is C32H40N2O2. The molecule has 1 atom stereocenters. The van der Waals surface area contributed by atoms with Crippen molar-refractivity contribution < 1.29 is 9.53 Å². The molecule has 0 aromatic heterocycles. The smallest absolute Gasteiger partial charge is 0.162 e. The average molecular weight is 485 g/mol. The summed E-state index contributed by atoms with van der Waals surface area (Å²) in [5, 5.41) is 3.22. The number of hydrogen-bond acceptors (Lipinski definition) is 4. The maximum Gasteiger partial charge on any atom is 0.162 e. The van der Waals surface area contributed by atoms with Gasteiger partial charge in [-0.15, -0.1) is 0 Å². The summed E-state index contributed by atoms with van der Waals surface area (Å²) in [6.07, 6.45) is 4.82. The Bertz CT molecular complexity index is 1060. The topological polar surface area (TPSA) is 41.6 Å². The highest BCUT2D eigenvalue weighted by molar-refractivity contribution is 5.96. The van der Waals surface area contributed by atoms with Crippen molar-refractivity contribution in [2.24, 2.45) is 5.92 Å². The van der Waals surface area contributed by atoms with Gasteiger partial charge in [-0.2, -0.15) is 0 Å². The summed E-state index contributed by atoms with van der Waals surface area (Å²) in [5.74, 6) is 1.68.